The average molecular weight is 169 g/mol. The molecule has 0 fully saturated rings. The van der Waals surface area contributed by atoms with Gasteiger partial charge < -0.3 is 4.90 Å². The van der Waals surface area contributed by atoms with Crippen LogP contribution in [0.25, 0.3) is 0 Å². The molecule has 2 heteroatoms. The second-order valence-electron chi connectivity index (χ2n) is 4.53. The van der Waals surface area contributed by atoms with E-state index < -0.39 is 0 Å². The molecule has 0 amide bonds. The molecule has 0 radical (unpaired) electrons. The highest BCUT2D eigenvalue weighted by Crippen LogP contribution is 2.31. The first-order valence-electron chi connectivity index (χ1n) is 4.71. The van der Waals surface area contributed by atoms with Gasteiger partial charge >= 0.3 is 0 Å². The standard InChI is InChI=1S/C10H21N2/c1-6-7-11-8-9-12(4,5)10(11,2)3/h8-9H,6-7H2,1-5H3/q+1. The topological polar surface area (TPSA) is 3.24 Å². The molecule has 0 aromatic heterocycles. The van der Waals surface area contributed by atoms with E-state index >= 15 is 0 Å². The van der Waals surface area contributed by atoms with Crippen molar-refractivity contribution < 1.29 is 4.48 Å². The second kappa shape index (κ2) is 2.77. The predicted octanol–water partition coefficient (Wildman–Crippen LogP) is 2.00. The summed E-state index contributed by atoms with van der Waals surface area (Å²) in [5.74, 6) is 0. The maximum absolute atomic E-state index is 2.42. The van der Waals surface area contributed by atoms with Gasteiger partial charge in [0.15, 0.2) is 5.66 Å². The predicted molar refractivity (Wildman–Crippen MR) is 52.3 cm³/mol. The number of hydrogen-bond donors (Lipinski definition) is 0. The third-order valence-corrected chi connectivity index (χ3v) is 3.20. The zero-order valence-electron chi connectivity index (χ0n) is 8.96. The van der Waals surface area contributed by atoms with Gasteiger partial charge in [0, 0.05) is 20.4 Å². The fourth-order valence-corrected chi connectivity index (χ4v) is 1.53. The summed E-state index contributed by atoms with van der Waals surface area (Å²) in [6, 6.07) is 0. The van der Waals surface area contributed by atoms with E-state index in [0.717, 1.165) is 11.0 Å². The molecule has 0 aromatic carbocycles. The van der Waals surface area contributed by atoms with E-state index in [9.17, 15) is 0 Å². The van der Waals surface area contributed by atoms with Crippen molar-refractivity contribution in [1.29, 1.82) is 0 Å². The van der Waals surface area contributed by atoms with Crippen LogP contribution in [-0.4, -0.2) is 35.7 Å². The van der Waals surface area contributed by atoms with Gasteiger partial charge in [-0.15, -0.1) is 0 Å². The third-order valence-electron chi connectivity index (χ3n) is 3.20. The van der Waals surface area contributed by atoms with Gasteiger partial charge in [-0.05, 0) is 6.42 Å². The molecule has 70 valence electrons. The molecule has 1 aliphatic heterocycles. The van der Waals surface area contributed by atoms with Crippen LogP contribution in [0.3, 0.4) is 0 Å². The molecule has 1 rings (SSSR count). The molecule has 0 spiro atoms. The van der Waals surface area contributed by atoms with Crippen molar-refractivity contribution in [1.82, 2.24) is 4.90 Å². The molecular formula is C10H21N2+. The summed E-state index contributed by atoms with van der Waals surface area (Å²) in [6.45, 7) is 7.97. The first kappa shape index (κ1) is 9.59. The Balaban J connectivity index is 2.78. The zero-order valence-corrected chi connectivity index (χ0v) is 8.96. The Hall–Kier alpha value is -0.500. The highest BCUT2D eigenvalue weighted by molar-refractivity contribution is 4.91. The number of quaternary nitrogens is 1. The fraction of sp³-hybridized carbons (Fsp3) is 0.800. The lowest BCUT2D eigenvalue weighted by molar-refractivity contribution is -0.894. The molecular weight excluding hydrogens is 148 g/mol. The van der Waals surface area contributed by atoms with Crippen molar-refractivity contribution in [2.75, 3.05) is 20.6 Å². The normalized spacial score (nSPS) is 24.9. The van der Waals surface area contributed by atoms with Gasteiger partial charge in [-0.25, -0.2) is 0 Å². The molecule has 0 unspecified atom stereocenters. The molecule has 12 heavy (non-hydrogen) atoms. The van der Waals surface area contributed by atoms with Crippen LogP contribution in [0.1, 0.15) is 27.2 Å². The Morgan fingerprint density at radius 2 is 1.92 bits per heavy atom. The maximum atomic E-state index is 2.42. The van der Waals surface area contributed by atoms with Crippen molar-refractivity contribution in [3.05, 3.63) is 12.4 Å². The maximum Gasteiger partial charge on any atom is 0.172 e. The van der Waals surface area contributed by atoms with Gasteiger partial charge in [-0.3, -0.25) is 4.48 Å². The molecule has 1 heterocycles. The van der Waals surface area contributed by atoms with Crippen LogP contribution in [-0.2, 0) is 0 Å². The van der Waals surface area contributed by atoms with Crippen molar-refractivity contribution in [2.45, 2.75) is 32.9 Å². The largest absolute Gasteiger partial charge is 0.322 e. The average Bonchev–Trinajstić information content (AvgIpc) is 2.13. The lowest BCUT2D eigenvalue weighted by atomic mass is 10.1. The number of hydrogen-bond acceptors (Lipinski definition) is 1. The van der Waals surface area contributed by atoms with Crippen LogP contribution in [0.2, 0.25) is 0 Å². The van der Waals surface area contributed by atoms with E-state index in [0.29, 0.717) is 0 Å². The summed E-state index contributed by atoms with van der Waals surface area (Å²) >= 11 is 0. The molecule has 0 aromatic rings. The van der Waals surface area contributed by atoms with Crippen LogP contribution < -0.4 is 0 Å². The van der Waals surface area contributed by atoms with Crippen LogP contribution in [0.15, 0.2) is 12.4 Å². The minimum absolute atomic E-state index is 0.218. The fourth-order valence-electron chi connectivity index (χ4n) is 1.53. The molecule has 0 atom stereocenters. The molecule has 1 aliphatic rings. The Labute approximate surface area is 76.1 Å². The zero-order chi connectivity index (χ0) is 9.41. The summed E-state index contributed by atoms with van der Waals surface area (Å²) in [6.07, 6.45) is 5.70. The van der Waals surface area contributed by atoms with Crippen LogP contribution >= 0.6 is 0 Å². The third kappa shape index (κ3) is 1.24. The summed E-state index contributed by atoms with van der Waals surface area (Å²) in [5, 5.41) is 0. The molecule has 0 saturated carbocycles. The Morgan fingerprint density at radius 3 is 2.25 bits per heavy atom. The van der Waals surface area contributed by atoms with E-state index in [1.807, 2.05) is 0 Å². The molecule has 0 bridgehead atoms. The van der Waals surface area contributed by atoms with E-state index in [1.54, 1.807) is 0 Å². The van der Waals surface area contributed by atoms with E-state index in [1.165, 1.54) is 6.42 Å². The number of nitrogens with zero attached hydrogens (tertiary/aromatic N) is 2. The molecule has 2 nitrogen and oxygen atoms in total. The van der Waals surface area contributed by atoms with Gasteiger partial charge in [0.25, 0.3) is 0 Å². The smallest absolute Gasteiger partial charge is 0.172 e. The highest BCUT2D eigenvalue weighted by atomic mass is 15.5. The SMILES string of the molecule is CCCN1C=C[N+](C)(C)C1(C)C. The van der Waals surface area contributed by atoms with Gasteiger partial charge in [0.1, 0.15) is 6.20 Å². The van der Waals surface area contributed by atoms with Gasteiger partial charge in [0.2, 0.25) is 0 Å². The van der Waals surface area contributed by atoms with E-state index in [-0.39, 0.29) is 5.66 Å². The summed E-state index contributed by atoms with van der Waals surface area (Å²) in [7, 11) is 4.48. The van der Waals surface area contributed by atoms with Crippen molar-refractivity contribution in [3.8, 4) is 0 Å². The van der Waals surface area contributed by atoms with Crippen molar-refractivity contribution in [3.63, 3.8) is 0 Å². The van der Waals surface area contributed by atoms with Crippen LogP contribution in [0.5, 0.6) is 0 Å². The highest BCUT2D eigenvalue weighted by Gasteiger charge is 2.43. The summed E-state index contributed by atoms with van der Waals surface area (Å²) < 4.78 is 0.951. The van der Waals surface area contributed by atoms with E-state index in [4.69, 9.17) is 0 Å². The van der Waals surface area contributed by atoms with Crippen molar-refractivity contribution in [2.24, 2.45) is 0 Å². The van der Waals surface area contributed by atoms with Crippen molar-refractivity contribution >= 4 is 0 Å². The molecule has 0 saturated heterocycles. The summed E-state index contributed by atoms with van der Waals surface area (Å²) in [4.78, 5) is 2.42. The minimum atomic E-state index is 0.218. The van der Waals surface area contributed by atoms with Gasteiger partial charge in [-0.2, -0.15) is 0 Å². The minimum Gasteiger partial charge on any atom is -0.322 e. The van der Waals surface area contributed by atoms with Crippen LogP contribution in [0, 0.1) is 0 Å². The Morgan fingerprint density at radius 1 is 1.33 bits per heavy atom. The Bertz CT molecular complexity index is 192. The van der Waals surface area contributed by atoms with E-state index in [2.05, 4.69) is 52.2 Å². The lowest BCUT2D eigenvalue weighted by Crippen LogP contribution is -2.56. The lowest BCUT2D eigenvalue weighted by Gasteiger charge is -2.42. The Kier molecular flexibility index (Phi) is 2.21. The molecule has 0 aliphatic carbocycles. The van der Waals surface area contributed by atoms with Crippen LogP contribution in [0.4, 0.5) is 0 Å². The number of rotatable bonds is 2. The van der Waals surface area contributed by atoms with Gasteiger partial charge in [-0.1, -0.05) is 6.92 Å². The van der Waals surface area contributed by atoms with Gasteiger partial charge in [0.05, 0.1) is 20.3 Å². The second-order valence-corrected chi connectivity index (χ2v) is 4.53. The first-order chi connectivity index (χ1) is 5.42. The first-order valence-corrected chi connectivity index (χ1v) is 4.71. The quantitative estimate of drug-likeness (QED) is 0.571. The monoisotopic (exact) mass is 169 g/mol. The summed E-state index contributed by atoms with van der Waals surface area (Å²) in [5.41, 5.74) is 0.218. The molecule has 0 N–H and O–H groups in total.